The highest BCUT2D eigenvalue weighted by Gasteiger charge is 2.53. The average molecular weight is 506 g/mol. The van der Waals surface area contributed by atoms with Crippen LogP contribution in [0, 0.1) is 9.25 Å². The number of hydrogen-bond donors (Lipinski definition) is 1. The predicted octanol–water partition coefficient (Wildman–Crippen LogP) is 1.52. The monoisotopic (exact) mass is 506 g/mol. The van der Waals surface area contributed by atoms with Crippen LogP contribution in [0.25, 0.3) is 0 Å². The van der Waals surface area contributed by atoms with Gasteiger partial charge >= 0.3 is 0 Å². The van der Waals surface area contributed by atoms with Crippen molar-refractivity contribution < 1.29 is 13.7 Å². The van der Waals surface area contributed by atoms with E-state index in [0.29, 0.717) is 17.0 Å². The van der Waals surface area contributed by atoms with Crippen LogP contribution < -0.4 is 10.6 Å². The highest BCUT2D eigenvalue weighted by molar-refractivity contribution is 14.1. The summed E-state index contributed by atoms with van der Waals surface area (Å²) in [6.45, 7) is 7.61. The molecule has 7 nitrogen and oxygen atoms in total. The van der Waals surface area contributed by atoms with Crippen molar-refractivity contribution in [2.24, 2.45) is 11.1 Å². The zero-order chi connectivity index (χ0) is 20.0. The number of hydrogen-bond acceptors (Lipinski definition) is 6. The summed E-state index contributed by atoms with van der Waals surface area (Å²) in [5.41, 5.74) is 5.35. The van der Waals surface area contributed by atoms with Gasteiger partial charge in [-0.05, 0) is 48.5 Å². The summed E-state index contributed by atoms with van der Waals surface area (Å²) in [4.78, 5) is 23.2. The molecule has 1 saturated carbocycles. The van der Waals surface area contributed by atoms with Gasteiger partial charge in [-0.1, -0.05) is 0 Å². The van der Waals surface area contributed by atoms with E-state index in [2.05, 4.69) is 44.4 Å². The lowest BCUT2D eigenvalue weighted by Crippen LogP contribution is -2.44. The molecule has 1 amide bonds. The number of nitrogens with two attached hydrogens (primary N) is 1. The molecule has 1 saturated heterocycles. The van der Waals surface area contributed by atoms with Crippen LogP contribution in [-0.4, -0.2) is 57.5 Å². The Hall–Kier alpha value is -0.940. The number of carbonyl (C=O) groups excluding carboxylic acids is 1. The predicted molar refractivity (Wildman–Crippen MR) is 116 cm³/mol. The molecular weight excluding hydrogens is 479 g/mol. The summed E-state index contributed by atoms with van der Waals surface area (Å²) in [6, 6.07) is 2.18. The highest BCUT2D eigenvalue weighted by Crippen LogP contribution is 2.53. The standard InChI is InChI=1S/C18H27IN4O3S/c1-12-10-26-8-7-23(12)14-9-13(21-16(19)22-14)18(5-6-18)27(4,25)11-17(2,3)15(20)24/h9,11-12H,5-8,10H2,1-4H3,(H2,20,24)/t12-,27-/m1/s1. The number of nitrogens with zero attached hydrogens (tertiary/aromatic N) is 3. The fourth-order valence-corrected chi connectivity index (χ4v) is 6.98. The second kappa shape index (κ2) is 7.14. The Morgan fingerprint density at radius 3 is 2.70 bits per heavy atom. The smallest absolute Gasteiger partial charge is 0.227 e. The van der Waals surface area contributed by atoms with Crippen LogP contribution in [0.1, 0.15) is 39.3 Å². The van der Waals surface area contributed by atoms with Crippen LogP contribution in [0.15, 0.2) is 6.07 Å². The van der Waals surface area contributed by atoms with Crippen LogP contribution >= 0.6 is 22.6 Å². The normalized spacial score (nSPS) is 24.2. The van der Waals surface area contributed by atoms with E-state index in [-0.39, 0.29) is 6.04 Å². The molecule has 1 aromatic rings. The molecule has 27 heavy (non-hydrogen) atoms. The number of halogens is 1. The molecule has 3 rings (SSSR count). The third-order valence-corrected chi connectivity index (χ3v) is 9.14. The molecule has 0 spiro atoms. The second-order valence-corrected chi connectivity index (χ2v) is 11.9. The Morgan fingerprint density at radius 2 is 2.15 bits per heavy atom. The minimum absolute atomic E-state index is 0.221. The van der Waals surface area contributed by atoms with Crippen LogP contribution in [0.5, 0.6) is 0 Å². The molecule has 0 radical (unpaired) electrons. The summed E-state index contributed by atoms with van der Waals surface area (Å²) in [6.07, 6.45) is 3.27. The minimum atomic E-state index is -2.49. The van der Waals surface area contributed by atoms with Crippen LogP contribution in [-0.2, 0) is 23.8 Å². The number of morpholine rings is 1. The number of anilines is 1. The lowest BCUT2D eigenvalue weighted by atomic mass is 9.96. The van der Waals surface area contributed by atoms with Gasteiger partial charge in [-0.2, -0.15) is 0 Å². The lowest BCUT2D eigenvalue weighted by Gasteiger charge is -2.34. The van der Waals surface area contributed by atoms with E-state index in [0.717, 1.165) is 30.9 Å². The third-order valence-electron chi connectivity index (χ3n) is 5.45. The minimum Gasteiger partial charge on any atom is -0.377 e. The maximum Gasteiger partial charge on any atom is 0.227 e. The molecule has 0 bridgehead atoms. The van der Waals surface area contributed by atoms with Gasteiger partial charge < -0.3 is 15.4 Å². The Morgan fingerprint density at radius 1 is 1.48 bits per heavy atom. The summed E-state index contributed by atoms with van der Waals surface area (Å²) in [5.74, 6) is 0.365. The van der Waals surface area contributed by atoms with Gasteiger partial charge in [0.2, 0.25) is 5.91 Å². The van der Waals surface area contributed by atoms with Crippen molar-refractivity contribution in [2.45, 2.75) is 44.4 Å². The first-order valence-electron chi connectivity index (χ1n) is 9.03. The molecule has 1 aliphatic heterocycles. The highest BCUT2D eigenvalue weighted by atomic mass is 127. The fraction of sp³-hybridized carbons (Fsp3) is 0.667. The van der Waals surface area contributed by atoms with E-state index in [1.54, 1.807) is 25.5 Å². The first kappa shape index (κ1) is 20.8. The van der Waals surface area contributed by atoms with Gasteiger partial charge in [0.15, 0.2) is 3.83 Å². The van der Waals surface area contributed by atoms with E-state index in [4.69, 9.17) is 10.5 Å². The van der Waals surface area contributed by atoms with Gasteiger partial charge in [-0.25, -0.2) is 9.97 Å². The lowest BCUT2D eigenvalue weighted by molar-refractivity contribution is -0.122. The molecule has 2 aliphatic rings. The Bertz CT molecular complexity index is 875. The molecule has 2 atom stereocenters. The SMILES string of the molecule is C[C@@H]1COCCN1c1cc(C2([S@](C)(=O)=CC(C)(C)C(N)=O)CC2)nc(I)n1. The number of ether oxygens (including phenoxy) is 1. The summed E-state index contributed by atoms with van der Waals surface area (Å²) >= 11 is 2.11. The second-order valence-electron chi connectivity index (χ2n) is 8.10. The molecule has 2 N–H and O–H groups in total. The third kappa shape index (κ3) is 3.95. The molecule has 2 fully saturated rings. The Balaban J connectivity index is 2.04. The Kier molecular flexibility index (Phi) is 5.50. The number of primary amides is 1. The van der Waals surface area contributed by atoms with Crippen molar-refractivity contribution in [2.75, 3.05) is 30.9 Å². The van der Waals surface area contributed by atoms with Gasteiger partial charge in [0, 0.05) is 41.5 Å². The maximum absolute atomic E-state index is 13.7. The van der Waals surface area contributed by atoms with Crippen molar-refractivity contribution >= 4 is 49.2 Å². The van der Waals surface area contributed by atoms with Gasteiger partial charge in [0.1, 0.15) is 5.82 Å². The van der Waals surface area contributed by atoms with Crippen molar-refractivity contribution in [3.05, 3.63) is 15.6 Å². The summed E-state index contributed by atoms with van der Waals surface area (Å²) < 4.78 is 19.3. The molecular formula is C18H27IN4O3S. The molecule has 150 valence electrons. The zero-order valence-corrected chi connectivity index (χ0v) is 19.2. The molecule has 1 aliphatic carbocycles. The van der Waals surface area contributed by atoms with E-state index < -0.39 is 25.6 Å². The van der Waals surface area contributed by atoms with Crippen molar-refractivity contribution in [1.82, 2.24) is 9.97 Å². The largest absolute Gasteiger partial charge is 0.377 e. The first-order valence-corrected chi connectivity index (χ1v) is 12.1. The number of amides is 1. The average Bonchev–Trinajstić information content (AvgIpc) is 3.36. The van der Waals surface area contributed by atoms with Gasteiger partial charge in [-0.15, -0.1) is 0 Å². The van der Waals surface area contributed by atoms with Crippen LogP contribution in [0.4, 0.5) is 5.82 Å². The quantitative estimate of drug-likeness (QED) is 0.370. The topological polar surface area (TPSA) is 98.4 Å². The maximum atomic E-state index is 13.7. The van der Waals surface area contributed by atoms with Crippen molar-refractivity contribution in [1.29, 1.82) is 0 Å². The van der Waals surface area contributed by atoms with Gasteiger partial charge in [0.25, 0.3) is 0 Å². The van der Waals surface area contributed by atoms with Crippen molar-refractivity contribution in [3.63, 3.8) is 0 Å². The van der Waals surface area contributed by atoms with Gasteiger partial charge in [-0.3, -0.25) is 9.00 Å². The number of carbonyl (C=O) groups is 1. The van der Waals surface area contributed by atoms with E-state index >= 15 is 0 Å². The van der Waals surface area contributed by atoms with E-state index in [1.807, 2.05) is 6.07 Å². The Labute approximate surface area is 174 Å². The van der Waals surface area contributed by atoms with Gasteiger partial charge in [0.05, 0.1) is 35.1 Å². The van der Waals surface area contributed by atoms with Crippen molar-refractivity contribution in [3.8, 4) is 0 Å². The number of rotatable bonds is 5. The fourth-order valence-electron chi connectivity index (χ4n) is 3.57. The molecule has 9 heteroatoms. The number of aromatic nitrogens is 2. The van der Waals surface area contributed by atoms with E-state index in [9.17, 15) is 9.00 Å². The molecule has 1 aromatic heterocycles. The zero-order valence-electron chi connectivity index (χ0n) is 16.2. The summed E-state index contributed by atoms with van der Waals surface area (Å²) in [7, 11) is -2.49. The summed E-state index contributed by atoms with van der Waals surface area (Å²) in [5, 5.41) is 1.64. The van der Waals surface area contributed by atoms with E-state index in [1.165, 1.54) is 0 Å². The van der Waals surface area contributed by atoms with Crippen LogP contribution in [0.2, 0.25) is 0 Å². The first-order chi connectivity index (χ1) is 12.5. The van der Waals surface area contributed by atoms with Crippen LogP contribution in [0.3, 0.4) is 0 Å². The molecule has 0 aromatic carbocycles. The molecule has 0 unspecified atom stereocenters. The molecule has 2 heterocycles.